The average molecular weight is 512 g/mol. The summed E-state index contributed by atoms with van der Waals surface area (Å²) in [5.41, 5.74) is 1.99. The fraction of sp³-hybridized carbons (Fsp3) is 0.630. The predicted octanol–water partition coefficient (Wildman–Crippen LogP) is 2.94. The maximum atomic E-state index is 13.3. The molecule has 200 valence electrons. The van der Waals surface area contributed by atoms with Crippen LogP contribution in [-0.2, 0) is 21.4 Å². The second-order valence-electron chi connectivity index (χ2n) is 11.8. The van der Waals surface area contributed by atoms with Crippen LogP contribution in [0.2, 0.25) is 0 Å². The van der Waals surface area contributed by atoms with Crippen LogP contribution in [-0.4, -0.2) is 63.7 Å². The topological polar surface area (TPSA) is 106 Å². The van der Waals surface area contributed by atoms with Crippen molar-refractivity contribution in [2.24, 2.45) is 12.5 Å². The molecule has 3 saturated heterocycles. The molecular weight excluding hydrogens is 474 g/mol. The molecule has 4 heterocycles. The molecule has 0 aliphatic carbocycles. The Morgan fingerprint density at radius 3 is 2.30 bits per heavy atom. The molecule has 1 aromatic carbocycles. The van der Waals surface area contributed by atoms with Crippen LogP contribution < -0.4 is 15.9 Å². The van der Waals surface area contributed by atoms with Crippen molar-refractivity contribution in [1.29, 1.82) is 0 Å². The number of benzene rings is 1. The standard InChI is InChI=1S/C27H37N5O5/c1-26(2,3)37-25(36)31-16-12-27(13-17-31)10-14-30(15-11-27)18-6-5-7-19-22(18)29(4)24(35)32(19)20-8-9-21(33)28-23(20)34/h5-7,20H,8-17H2,1-4H3,(H,28,33,34)/t20-/m1/s1. The second kappa shape index (κ2) is 9.22. The number of nitrogens with zero attached hydrogens (tertiary/aromatic N) is 4. The van der Waals surface area contributed by atoms with Gasteiger partial charge in [-0.1, -0.05) is 6.07 Å². The summed E-state index contributed by atoms with van der Waals surface area (Å²) in [4.78, 5) is 54.1. The molecular formula is C27H37N5O5. The molecule has 0 unspecified atom stereocenters. The number of likely N-dealkylation sites (tertiary alicyclic amines) is 1. The highest BCUT2D eigenvalue weighted by Crippen LogP contribution is 2.43. The van der Waals surface area contributed by atoms with Crippen molar-refractivity contribution >= 4 is 34.6 Å². The number of nitrogens with one attached hydrogen (secondary N) is 1. The molecule has 2 aromatic rings. The first-order valence-electron chi connectivity index (χ1n) is 13.2. The number of fused-ring (bicyclic) bond motifs is 1. The number of aryl methyl sites for hydroxylation is 1. The van der Waals surface area contributed by atoms with E-state index in [1.165, 1.54) is 0 Å². The lowest BCUT2D eigenvalue weighted by atomic mass is 9.71. The first-order valence-corrected chi connectivity index (χ1v) is 13.2. The molecule has 1 atom stereocenters. The van der Waals surface area contributed by atoms with Crippen molar-refractivity contribution in [3.05, 3.63) is 28.7 Å². The van der Waals surface area contributed by atoms with E-state index in [1.807, 2.05) is 43.9 Å². The molecule has 3 amide bonds. The van der Waals surface area contributed by atoms with E-state index in [9.17, 15) is 19.2 Å². The normalized spacial score (nSPS) is 22.4. The van der Waals surface area contributed by atoms with E-state index in [2.05, 4.69) is 10.2 Å². The van der Waals surface area contributed by atoms with E-state index < -0.39 is 17.6 Å². The molecule has 5 rings (SSSR count). The van der Waals surface area contributed by atoms with Gasteiger partial charge in [0, 0.05) is 39.6 Å². The van der Waals surface area contributed by atoms with Crippen LogP contribution in [0.4, 0.5) is 10.5 Å². The van der Waals surface area contributed by atoms with E-state index in [0.29, 0.717) is 25.0 Å². The molecule has 3 aliphatic rings. The van der Waals surface area contributed by atoms with Gasteiger partial charge in [-0.15, -0.1) is 0 Å². The van der Waals surface area contributed by atoms with Crippen molar-refractivity contribution < 1.29 is 19.1 Å². The molecule has 10 heteroatoms. The van der Waals surface area contributed by atoms with E-state index >= 15 is 0 Å². The Labute approximate surface area is 216 Å². The van der Waals surface area contributed by atoms with Crippen molar-refractivity contribution in [3.63, 3.8) is 0 Å². The third-order valence-electron chi connectivity index (χ3n) is 8.24. The summed E-state index contributed by atoms with van der Waals surface area (Å²) in [6, 6.07) is 5.16. The van der Waals surface area contributed by atoms with Gasteiger partial charge in [0.15, 0.2) is 0 Å². The maximum absolute atomic E-state index is 13.3. The molecule has 10 nitrogen and oxygen atoms in total. The number of aromatic nitrogens is 2. The summed E-state index contributed by atoms with van der Waals surface area (Å²) in [5, 5.41) is 2.37. The number of imide groups is 1. The highest BCUT2D eigenvalue weighted by molar-refractivity contribution is 6.00. The number of piperidine rings is 3. The van der Waals surface area contributed by atoms with Crippen molar-refractivity contribution in [3.8, 4) is 0 Å². The lowest BCUT2D eigenvalue weighted by molar-refractivity contribution is -0.135. The summed E-state index contributed by atoms with van der Waals surface area (Å²) in [5.74, 6) is -0.719. The maximum Gasteiger partial charge on any atom is 0.410 e. The summed E-state index contributed by atoms with van der Waals surface area (Å²) in [7, 11) is 1.74. The minimum absolute atomic E-state index is 0.216. The van der Waals surface area contributed by atoms with Gasteiger partial charge in [-0.05, 0) is 70.4 Å². The summed E-state index contributed by atoms with van der Waals surface area (Å²) in [6.07, 6.45) is 4.29. The van der Waals surface area contributed by atoms with E-state index in [4.69, 9.17) is 4.74 Å². The molecule has 3 aliphatic heterocycles. The molecule has 1 aromatic heterocycles. The number of carbonyl (C=O) groups is 3. The van der Waals surface area contributed by atoms with Gasteiger partial charge in [0.25, 0.3) is 0 Å². The zero-order valence-electron chi connectivity index (χ0n) is 22.2. The first kappa shape index (κ1) is 25.4. The van der Waals surface area contributed by atoms with Gasteiger partial charge in [0.1, 0.15) is 11.6 Å². The number of imidazole rings is 1. The SMILES string of the molecule is Cn1c(=O)n([C@@H]2CCC(=O)NC2=O)c2cccc(N3CCC4(CCN(C(=O)OC(C)(C)C)CC4)CC3)c21. The average Bonchev–Trinajstić information content (AvgIpc) is 3.09. The van der Waals surface area contributed by atoms with Gasteiger partial charge in [0.05, 0.1) is 16.7 Å². The van der Waals surface area contributed by atoms with E-state index in [0.717, 1.165) is 50.0 Å². The van der Waals surface area contributed by atoms with Crippen LogP contribution in [0.25, 0.3) is 11.0 Å². The van der Waals surface area contributed by atoms with E-state index in [-0.39, 0.29) is 29.5 Å². The monoisotopic (exact) mass is 511 g/mol. The minimum atomic E-state index is -0.691. The number of para-hydroxylation sites is 1. The number of amides is 3. The minimum Gasteiger partial charge on any atom is -0.444 e. The number of rotatable bonds is 2. The van der Waals surface area contributed by atoms with Crippen LogP contribution >= 0.6 is 0 Å². The van der Waals surface area contributed by atoms with Crippen molar-refractivity contribution in [2.75, 3.05) is 31.1 Å². The lowest BCUT2D eigenvalue weighted by Crippen LogP contribution is -2.49. The highest BCUT2D eigenvalue weighted by Gasteiger charge is 2.40. The summed E-state index contributed by atoms with van der Waals surface area (Å²) < 4.78 is 8.72. The van der Waals surface area contributed by atoms with Gasteiger partial charge in [-0.3, -0.25) is 24.0 Å². The smallest absolute Gasteiger partial charge is 0.410 e. The number of hydrogen-bond donors (Lipinski definition) is 1. The highest BCUT2D eigenvalue weighted by atomic mass is 16.6. The van der Waals surface area contributed by atoms with E-state index in [1.54, 1.807) is 16.2 Å². The predicted molar refractivity (Wildman–Crippen MR) is 140 cm³/mol. The molecule has 0 bridgehead atoms. The number of carbonyl (C=O) groups excluding carboxylic acids is 3. The van der Waals surface area contributed by atoms with Crippen LogP contribution in [0.15, 0.2) is 23.0 Å². The van der Waals surface area contributed by atoms with Gasteiger partial charge in [0.2, 0.25) is 11.8 Å². The number of hydrogen-bond acceptors (Lipinski definition) is 6. The second-order valence-corrected chi connectivity index (χ2v) is 11.8. The fourth-order valence-electron chi connectivity index (χ4n) is 6.11. The Balaban J connectivity index is 1.32. The zero-order chi connectivity index (χ0) is 26.5. The summed E-state index contributed by atoms with van der Waals surface area (Å²) >= 11 is 0. The largest absolute Gasteiger partial charge is 0.444 e. The first-order chi connectivity index (χ1) is 17.5. The Bertz CT molecular complexity index is 1280. The molecule has 0 saturated carbocycles. The third-order valence-corrected chi connectivity index (χ3v) is 8.24. The van der Waals surface area contributed by atoms with Crippen molar-refractivity contribution in [2.45, 2.75) is 70.9 Å². The quantitative estimate of drug-likeness (QED) is 0.622. The summed E-state index contributed by atoms with van der Waals surface area (Å²) in [6.45, 7) is 8.83. The van der Waals surface area contributed by atoms with Crippen LogP contribution in [0, 0.1) is 5.41 Å². The lowest BCUT2D eigenvalue weighted by Gasteiger charge is -2.47. The Morgan fingerprint density at radius 2 is 1.68 bits per heavy atom. The molecule has 1 spiro atoms. The van der Waals surface area contributed by atoms with Gasteiger partial charge in [-0.2, -0.15) is 0 Å². The van der Waals surface area contributed by atoms with Crippen LogP contribution in [0.1, 0.15) is 65.3 Å². The molecule has 1 N–H and O–H groups in total. The molecule has 3 fully saturated rings. The van der Waals surface area contributed by atoms with Crippen molar-refractivity contribution in [1.82, 2.24) is 19.4 Å². The van der Waals surface area contributed by atoms with Gasteiger partial charge >= 0.3 is 11.8 Å². The Morgan fingerprint density at radius 1 is 1.03 bits per heavy atom. The van der Waals surface area contributed by atoms with Gasteiger partial charge < -0.3 is 14.5 Å². The molecule has 37 heavy (non-hydrogen) atoms. The van der Waals surface area contributed by atoms with Crippen LogP contribution in [0.5, 0.6) is 0 Å². The third kappa shape index (κ3) is 4.73. The Hall–Kier alpha value is -3.30. The number of ether oxygens (including phenoxy) is 1. The fourth-order valence-corrected chi connectivity index (χ4v) is 6.11. The number of anilines is 1. The molecule has 0 radical (unpaired) electrons. The van der Waals surface area contributed by atoms with Gasteiger partial charge in [-0.25, -0.2) is 9.59 Å². The zero-order valence-corrected chi connectivity index (χ0v) is 22.2. The Kier molecular flexibility index (Phi) is 6.32. The van der Waals surface area contributed by atoms with Crippen LogP contribution in [0.3, 0.4) is 0 Å².